The van der Waals surface area contributed by atoms with Gasteiger partial charge in [0.25, 0.3) is 0 Å². The summed E-state index contributed by atoms with van der Waals surface area (Å²) in [5.41, 5.74) is 0.804. The molecule has 0 saturated heterocycles. The summed E-state index contributed by atoms with van der Waals surface area (Å²) in [5.74, 6) is -0.289. The molecule has 0 saturated carbocycles. The molecule has 21 heavy (non-hydrogen) atoms. The number of aliphatic imine (C=N–C) groups is 1. The van der Waals surface area contributed by atoms with E-state index in [2.05, 4.69) is 4.99 Å². The van der Waals surface area contributed by atoms with E-state index in [9.17, 15) is 4.79 Å². The number of hydrogen-bond acceptors (Lipinski definition) is 4. The zero-order chi connectivity index (χ0) is 15.0. The number of carbonyl (C=O) groups excluding carboxylic acids is 1. The van der Waals surface area contributed by atoms with Gasteiger partial charge < -0.3 is 4.74 Å². The number of hydrogen-bond donors (Lipinski definition) is 0. The molecule has 1 aromatic carbocycles. The number of esters is 1. The van der Waals surface area contributed by atoms with E-state index in [4.69, 9.17) is 27.9 Å². The van der Waals surface area contributed by atoms with Crippen LogP contribution in [0.3, 0.4) is 0 Å². The first-order chi connectivity index (χ1) is 10.0. The Morgan fingerprint density at radius 3 is 2.71 bits per heavy atom. The molecular formula is C15H9Cl2NO2S. The quantitative estimate of drug-likeness (QED) is 0.588. The molecule has 0 atom stereocenters. The van der Waals surface area contributed by atoms with Crippen molar-refractivity contribution in [2.75, 3.05) is 0 Å². The second kappa shape index (κ2) is 5.64. The van der Waals surface area contributed by atoms with Crippen molar-refractivity contribution in [2.24, 2.45) is 4.99 Å². The third-order valence-corrected chi connectivity index (χ3v) is 4.32. The van der Waals surface area contributed by atoms with Crippen LogP contribution >= 0.6 is 34.5 Å². The molecule has 0 bridgehead atoms. The Kier molecular flexibility index (Phi) is 3.85. The molecule has 3 rings (SSSR count). The molecule has 1 aliphatic rings. The van der Waals surface area contributed by atoms with Gasteiger partial charge in [-0.25, -0.2) is 9.79 Å². The van der Waals surface area contributed by atoms with Gasteiger partial charge >= 0.3 is 5.97 Å². The Hall–Kier alpha value is -1.62. The first kappa shape index (κ1) is 14.3. The maximum Gasteiger partial charge on any atom is 0.363 e. The van der Waals surface area contributed by atoms with Gasteiger partial charge in [-0.15, -0.1) is 11.3 Å². The van der Waals surface area contributed by atoms with E-state index in [1.165, 1.54) is 0 Å². The average Bonchev–Trinajstić information content (AvgIpc) is 2.97. The number of nitrogens with zero attached hydrogens (tertiary/aromatic N) is 1. The maximum atomic E-state index is 11.9. The first-order valence-electron chi connectivity index (χ1n) is 6.07. The van der Waals surface area contributed by atoms with Crippen molar-refractivity contribution in [3.05, 3.63) is 61.4 Å². The van der Waals surface area contributed by atoms with Gasteiger partial charge in [0.15, 0.2) is 5.70 Å². The summed E-state index contributed by atoms with van der Waals surface area (Å²) >= 11 is 13.5. The minimum atomic E-state index is -0.484. The maximum absolute atomic E-state index is 11.9. The Morgan fingerprint density at radius 1 is 1.24 bits per heavy atom. The van der Waals surface area contributed by atoms with Crippen LogP contribution in [0, 0.1) is 6.92 Å². The second-order valence-corrected chi connectivity index (χ2v) is 6.57. The minimum Gasteiger partial charge on any atom is -0.402 e. The average molecular weight is 338 g/mol. The second-order valence-electron chi connectivity index (χ2n) is 4.41. The van der Waals surface area contributed by atoms with Crippen LogP contribution in [0.1, 0.15) is 15.3 Å². The zero-order valence-electron chi connectivity index (χ0n) is 10.9. The van der Waals surface area contributed by atoms with E-state index in [1.54, 1.807) is 35.6 Å². The molecule has 0 fully saturated rings. The molecule has 0 radical (unpaired) electrons. The van der Waals surface area contributed by atoms with Crippen LogP contribution < -0.4 is 0 Å². The van der Waals surface area contributed by atoms with Crippen LogP contribution in [0.15, 0.2) is 41.0 Å². The number of rotatable bonds is 2. The molecule has 1 aromatic heterocycles. The normalized spacial score (nSPS) is 16.2. The monoisotopic (exact) mass is 337 g/mol. The molecule has 0 spiro atoms. The van der Waals surface area contributed by atoms with Crippen molar-refractivity contribution in [3.8, 4) is 0 Å². The van der Waals surface area contributed by atoms with Crippen molar-refractivity contribution in [2.45, 2.75) is 6.92 Å². The smallest absolute Gasteiger partial charge is 0.363 e. The standard InChI is InChI=1S/C15H9Cl2NO2S/c1-8-2-4-10(21-8)7-13-15(19)20-14(18-13)11-5-3-9(16)6-12(11)17/h2-7H,1H3/b13-7-. The van der Waals surface area contributed by atoms with Crippen molar-refractivity contribution < 1.29 is 9.53 Å². The lowest BCUT2D eigenvalue weighted by molar-refractivity contribution is -0.129. The highest BCUT2D eigenvalue weighted by molar-refractivity contribution is 7.12. The molecule has 6 heteroatoms. The lowest BCUT2D eigenvalue weighted by Crippen LogP contribution is -2.05. The highest BCUT2D eigenvalue weighted by atomic mass is 35.5. The minimum absolute atomic E-state index is 0.196. The zero-order valence-corrected chi connectivity index (χ0v) is 13.2. The lowest BCUT2D eigenvalue weighted by atomic mass is 10.2. The third-order valence-electron chi connectivity index (χ3n) is 2.82. The molecule has 0 unspecified atom stereocenters. The number of aryl methyl sites for hydroxylation is 1. The molecule has 3 nitrogen and oxygen atoms in total. The SMILES string of the molecule is Cc1ccc(/C=C2\N=C(c3ccc(Cl)cc3Cl)OC2=O)s1. The van der Waals surface area contributed by atoms with Gasteiger partial charge in [0, 0.05) is 14.8 Å². The summed E-state index contributed by atoms with van der Waals surface area (Å²) in [6, 6.07) is 8.85. The number of cyclic esters (lactones) is 1. The summed E-state index contributed by atoms with van der Waals surface area (Å²) in [6.45, 7) is 2.00. The van der Waals surface area contributed by atoms with Crippen LogP contribution in [-0.4, -0.2) is 11.9 Å². The Morgan fingerprint density at radius 2 is 2.05 bits per heavy atom. The van der Waals surface area contributed by atoms with Gasteiger partial charge in [0.1, 0.15) is 0 Å². The molecule has 106 valence electrons. The Balaban J connectivity index is 1.97. The van der Waals surface area contributed by atoms with E-state index >= 15 is 0 Å². The lowest BCUT2D eigenvalue weighted by Gasteiger charge is -2.02. The topological polar surface area (TPSA) is 38.7 Å². The Labute approximate surface area is 135 Å². The molecule has 0 N–H and O–H groups in total. The molecular weight excluding hydrogens is 329 g/mol. The van der Waals surface area contributed by atoms with E-state index in [-0.39, 0.29) is 11.6 Å². The fourth-order valence-electron chi connectivity index (χ4n) is 1.85. The fraction of sp³-hybridized carbons (Fsp3) is 0.0667. The number of carbonyl (C=O) groups is 1. The van der Waals surface area contributed by atoms with Crippen molar-refractivity contribution >= 4 is 52.5 Å². The van der Waals surface area contributed by atoms with Gasteiger partial charge in [0.2, 0.25) is 5.90 Å². The van der Waals surface area contributed by atoms with E-state index in [0.29, 0.717) is 15.6 Å². The number of halogens is 2. The fourth-order valence-corrected chi connectivity index (χ4v) is 3.16. The van der Waals surface area contributed by atoms with Gasteiger partial charge in [-0.2, -0.15) is 0 Å². The van der Waals surface area contributed by atoms with Crippen LogP contribution in [0.2, 0.25) is 10.0 Å². The summed E-state index contributed by atoms with van der Waals surface area (Å²) in [6.07, 6.45) is 1.71. The van der Waals surface area contributed by atoms with Gasteiger partial charge in [-0.05, 0) is 43.3 Å². The third kappa shape index (κ3) is 3.02. The predicted molar refractivity (Wildman–Crippen MR) is 86.1 cm³/mol. The highest BCUT2D eigenvalue weighted by Crippen LogP contribution is 2.27. The van der Waals surface area contributed by atoms with Crippen LogP contribution in [0.4, 0.5) is 0 Å². The summed E-state index contributed by atoms with van der Waals surface area (Å²) in [5, 5.41) is 0.903. The Bertz CT molecular complexity index is 793. The van der Waals surface area contributed by atoms with Crippen molar-refractivity contribution in [3.63, 3.8) is 0 Å². The van der Waals surface area contributed by atoms with Gasteiger partial charge in [0.05, 0.1) is 10.6 Å². The van der Waals surface area contributed by atoms with Gasteiger partial charge in [-0.3, -0.25) is 0 Å². The molecule has 0 aliphatic carbocycles. The summed E-state index contributed by atoms with van der Waals surface area (Å²) in [7, 11) is 0. The molecule has 2 aromatic rings. The van der Waals surface area contributed by atoms with E-state index < -0.39 is 5.97 Å². The van der Waals surface area contributed by atoms with Crippen LogP contribution in [-0.2, 0) is 9.53 Å². The molecule has 0 amide bonds. The number of benzene rings is 1. The highest BCUT2D eigenvalue weighted by Gasteiger charge is 2.25. The number of ether oxygens (including phenoxy) is 1. The number of thiophene rings is 1. The van der Waals surface area contributed by atoms with Crippen LogP contribution in [0.5, 0.6) is 0 Å². The molecule has 2 heterocycles. The summed E-state index contributed by atoms with van der Waals surface area (Å²) < 4.78 is 5.18. The predicted octanol–water partition coefficient (Wildman–Crippen LogP) is 4.71. The largest absolute Gasteiger partial charge is 0.402 e. The summed E-state index contributed by atoms with van der Waals surface area (Å²) in [4.78, 5) is 18.2. The molecule has 1 aliphatic heterocycles. The van der Waals surface area contributed by atoms with E-state index in [1.807, 2.05) is 19.1 Å². The van der Waals surface area contributed by atoms with Gasteiger partial charge in [-0.1, -0.05) is 23.2 Å². The van der Waals surface area contributed by atoms with Crippen LogP contribution in [0.25, 0.3) is 6.08 Å². The van der Waals surface area contributed by atoms with Crippen molar-refractivity contribution in [1.29, 1.82) is 0 Å². The van der Waals surface area contributed by atoms with Crippen molar-refractivity contribution in [1.82, 2.24) is 0 Å². The first-order valence-corrected chi connectivity index (χ1v) is 7.64. The van der Waals surface area contributed by atoms with E-state index in [0.717, 1.165) is 9.75 Å².